The summed E-state index contributed by atoms with van der Waals surface area (Å²) in [5, 5.41) is 11.3. The Hall–Kier alpha value is -3.41. The molecule has 0 bridgehead atoms. The molecule has 0 aliphatic rings. The first-order chi connectivity index (χ1) is 13.1. The molecule has 6 nitrogen and oxygen atoms in total. The minimum Gasteiger partial charge on any atom is -0.494 e. The quantitative estimate of drug-likeness (QED) is 0.515. The normalized spacial score (nSPS) is 11.3. The van der Waals surface area contributed by atoms with Gasteiger partial charge < -0.3 is 4.74 Å². The highest BCUT2D eigenvalue weighted by Gasteiger charge is 2.16. The molecular weight excluding hydrogens is 340 g/mol. The second-order valence-electron chi connectivity index (χ2n) is 6.03. The van der Waals surface area contributed by atoms with Gasteiger partial charge in [-0.3, -0.25) is 9.89 Å². The van der Waals surface area contributed by atoms with Crippen LogP contribution in [0.1, 0.15) is 35.5 Å². The van der Waals surface area contributed by atoms with Crippen LogP contribution in [0.5, 0.6) is 5.75 Å². The van der Waals surface area contributed by atoms with E-state index in [4.69, 9.17) is 4.74 Å². The third-order valence-corrected chi connectivity index (χ3v) is 4.19. The summed E-state index contributed by atoms with van der Waals surface area (Å²) < 4.78 is 5.43. The Bertz CT molecular complexity index is 944. The van der Waals surface area contributed by atoms with E-state index in [0.717, 1.165) is 28.1 Å². The van der Waals surface area contributed by atoms with Crippen LogP contribution in [0.4, 0.5) is 0 Å². The maximum Gasteiger partial charge on any atom is 0.289 e. The van der Waals surface area contributed by atoms with Crippen LogP contribution in [0.15, 0.2) is 59.7 Å². The average Bonchev–Trinajstić information content (AvgIpc) is 3.09. The van der Waals surface area contributed by atoms with Crippen molar-refractivity contribution in [2.24, 2.45) is 5.10 Å². The Kier molecular flexibility index (Phi) is 5.66. The lowest BCUT2D eigenvalue weighted by Crippen LogP contribution is -2.20. The Morgan fingerprint density at radius 3 is 2.52 bits per heavy atom. The number of rotatable bonds is 6. The number of aromatic amines is 1. The number of hydrazone groups is 1. The number of carbonyl (C=O) groups is 1. The zero-order valence-electron chi connectivity index (χ0n) is 15.6. The van der Waals surface area contributed by atoms with Crippen LogP contribution in [0.3, 0.4) is 0 Å². The summed E-state index contributed by atoms with van der Waals surface area (Å²) >= 11 is 0. The molecule has 3 rings (SSSR count). The molecule has 138 valence electrons. The average molecular weight is 362 g/mol. The second-order valence-corrected chi connectivity index (χ2v) is 6.03. The summed E-state index contributed by atoms with van der Waals surface area (Å²) in [6, 6.07) is 17.3. The molecule has 3 aromatic rings. The molecule has 0 unspecified atom stereocenters. The lowest BCUT2D eigenvalue weighted by Gasteiger charge is -2.05. The first-order valence-corrected chi connectivity index (χ1v) is 8.78. The lowest BCUT2D eigenvalue weighted by molar-refractivity contribution is 0.0949. The van der Waals surface area contributed by atoms with Crippen LogP contribution >= 0.6 is 0 Å². The van der Waals surface area contributed by atoms with Crippen LogP contribution < -0.4 is 10.2 Å². The Morgan fingerprint density at radius 2 is 1.85 bits per heavy atom. The number of carbonyl (C=O) groups excluding carboxylic acids is 1. The molecule has 1 aromatic heterocycles. The standard InChI is InChI=1S/C21H22N4O2/c1-4-27-18-12-10-16(11-13-18)15(3)22-25-21(26)20-14(2)19(23-24-20)17-8-6-5-7-9-17/h5-13H,4H2,1-3H3,(H,23,24)(H,25,26). The fraction of sp³-hybridized carbons (Fsp3) is 0.190. The van der Waals surface area contributed by atoms with E-state index in [1.54, 1.807) is 0 Å². The highest BCUT2D eigenvalue weighted by Crippen LogP contribution is 2.22. The molecule has 0 saturated carbocycles. The van der Waals surface area contributed by atoms with E-state index < -0.39 is 0 Å². The second kappa shape index (κ2) is 8.31. The highest BCUT2D eigenvalue weighted by atomic mass is 16.5. The molecule has 2 aromatic carbocycles. The van der Waals surface area contributed by atoms with E-state index in [1.807, 2.05) is 75.4 Å². The molecule has 1 heterocycles. The van der Waals surface area contributed by atoms with Crippen molar-refractivity contribution in [3.05, 3.63) is 71.4 Å². The smallest absolute Gasteiger partial charge is 0.289 e. The number of aromatic nitrogens is 2. The molecule has 0 spiro atoms. The van der Waals surface area contributed by atoms with Gasteiger partial charge >= 0.3 is 0 Å². The van der Waals surface area contributed by atoms with Crippen molar-refractivity contribution in [2.75, 3.05) is 6.61 Å². The Morgan fingerprint density at radius 1 is 1.15 bits per heavy atom. The first-order valence-electron chi connectivity index (χ1n) is 8.78. The predicted octanol–water partition coefficient (Wildman–Crippen LogP) is 3.94. The molecular formula is C21H22N4O2. The summed E-state index contributed by atoms with van der Waals surface area (Å²) in [4.78, 5) is 12.5. The number of benzene rings is 2. The number of amides is 1. The summed E-state index contributed by atoms with van der Waals surface area (Å²) in [6.45, 7) is 6.27. The monoisotopic (exact) mass is 362 g/mol. The molecule has 0 radical (unpaired) electrons. The van der Waals surface area contributed by atoms with Gasteiger partial charge in [-0.25, -0.2) is 5.43 Å². The van der Waals surface area contributed by atoms with Crippen LogP contribution in [-0.4, -0.2) is 28.4 Å². The fourth-order valence-corrected chi connectivity index (χ4v) is 2.71. The number of nitrogens with one attached hydrogen (secondary N) is 2. The van der Waals surface area contributed by atoms with Crippen molar-refractivity contribution >= 4 is 11.6 Å². The van der Waals surface area contributed by atoms with Crippen molar-refractivity contribution in [1.29, 1.82) is 0 Å². The van der Waals surface area contributed by atoms with E-state index in [-0.39, 0.29) is 5.91 Å². The van der Waals surface area contributed by atoms with E-state index in [0.29, 0.717) is 18.0 Å². The molecule has 2 N–H and O–H groups in total. The zero-order chi connectivity index (χ0) is 19.2. The van der Waals surface area contributed by atoms with Crippen LogP contribution in [0, 0.1) is 6.92 Å². The predicted molar refractivity (Wildman–Crippen MR) is 106 cm³/mol. The molecule has 27 heavy (non-hydrogen) atoms. The van der Waals surface area contributed by atoms with Crippen LogP contribution in [-0.2, 0) is 0 Å². The molecule has 0 saturated heterocycles. The number of H-pyrrole nitrogens is 1. The fourth-order valence-electron chi connectivity index (χ4n) is 2.71. The van der Waals surface area contributed by atoms with Crippen LogP contribution in [0.25, 0.3) is 11.3 Å². The summed E-state index contributed by atoms with van der Waals surface area (Å²) in [5.41, 5.74) is 7.10. The summed E-state index contributed by atoms with van der Waals surface area (Å²) in [6.07, 6.45) is 0. The highest BCUT2D eigenvalue weighted by molar-refractivity contribution is 6.01. The van der Waals surface area contributed by atoms with Gasteiger partial charge in [0.25, 0.3) is 5.91 Å². The first kappa shape index (κ1) is 18.4. The number of ether oxygens (including phenoxy) is 1. The molecule has 6 heteroatoms. The molecule has 0 fully saturated rings. The molecule has 0 aliphatic carbocycles. The maximum atomic E-state index is 12.5. The lowest BCUT2D eigenvalue weighted by atomic mass is 10.1. The van der Waals surface area contributed by atoms with E-state index in [1.165, 1.54) is 0 Å². The Balaban J connectivity index is 1.72. The molecule has 1 amide bonds. The van der Waals surface area contributed by atoms with Gasteiger partial charge in [0, 0.05) is 11.1 Å². The molecule has 0 atom stereocenters. The van der Waals surface area contributed by atoms with Gasteiger partial charge in [0.2, 0.25) is 0 Å². The largest absolute Gasteiger partial charge is 0.494 e. The van der Waals surface area contributed by atoms with Gasteiger partial charge in [0.15, 0.2) is 0 Å². The van der Waals surface area contributed by atoms with Crippen molar-refractivity contribution in [3.63, 3.8) is 0 Å². The van der Waals surface area contributed by atoms with Crippen molar-refractivity contribution < 1.29 is 9.53 Å². The van der Waals surface area contributed by atoms with Gasteiger partial charge in [-0.15, -0.1) is 0 Å². The topological polar surface area (TPSA) is 79.4 Å². The van der Waals surface area contributed by atoms with E-state index in [2.05, 4.69) is 20.7 Å². The minimum absolute atomic E-state index is 0.326. The third kappa shape index (κ3) is 4.23. The van der Waals surface area contributed by atoms with Crippen LogP contribution in [0.2, 0.25) is 0 Å². The van der Waals surface area contributed by atoms with Crippen molar-refractivity contribution in [1.82, 2.24) is 15.6 Å². The Labute approximate surface area is 158 Å². The zero-order valence-corrected chi connectivity index (χ0v) is 15.6. The van der Waals surface area contributed by atoms with Gasteiger partial charge in [0.05, 0.1) is 18.0 Å². The third-order valence-electron chi connectivity index (χ3n) is 4.19. The van der Waals surface area contributed by atoms with Crippen molar-refractivity contribution in [2.45, 2.75) is 20.8 Å². The van der Waals surface area contributed by atoms with Gasteiger partial charge in [-0.1, -0.05) is 30.3 Å². The van der Waals surface area contributed by atoms with E-state index >= 15 is 0 Å². The number of hydrogen-bond donors (Lipinski definition) is 2. The summed E-state index contributed by atoms with van der Waals surface area (Å²) in [7, 11) is 0. The van der Waals surface area contributed by atoms with Gasteiger partial charge in [-0.2, -0.15) is 10.2 Å². The van der Waals surface area contributed by atoms with Gasteiger partial charge in [-0.05, 0) is 50.6 Å². The van der Waals surface area contributed by atoms with Crippen molar-refractivity contribution in [3.8, 4) is 17.0 Å². The number of nitrogens with zero attached hydrogens (tertiary/aromatic N) is 2. The van der Waals surface area contributed by atoms with Gasteiger partial charge in [0.1, 0.15) is 11.4 Å². The SMILES string of the molecule is CCOc1ccc(C(C)=NNC(=O)c2[nH]nc(-c3ccccc3)c2C)cc1. The summed E-state index contributed by atoms with van der Waals surface area (Å²) in [5.74, 6) is 0.479. The maximum absolute atomic E-state index is 12.5. The minimum atomic E-state index is -0.326. The molecule has 0 aliphatic heterocycles. The number of hydrogen-bond acceptors (Lipinski definition) is 4. The van der Waals surface area contributed by atoms with E-state index in [9.17, 15) is 4.79 Å².